The second-order valence-electron chi connectivity index (χ2n) is 4.39. The van der Waals surface area contributed by atoms with Gasteiger partial charge in [-0.05, 0) is 6.92 Å². The summed E-state index contributed by atoms with van der Waals surface area (Å²) >= 11 is 0. The summed E-state index contributed by atoms with van der Waals surface area (Å²) in [6, 6.07) is 0. The number of halogens is 1. The van der Waals surface area contributed by atoms with Gasteiger partial charge in [-0.2, -0.15) is 0 Å². The average Bonchev–Trinajstić information content (AvgIpc) is 2.86. The molecule has 0 bridgehead atoms. The van der Waals surface area contributed by atoms with Crippen LogP contribution in [0.3, 0.4) is 0 Å². The van der Waals surface area contributed by atoms with Gasteiger partial charge in [0.05, 0.1) is 11.8 Å². The zero-order valence-electron chi connectivity index (χ0n) is 10.6. The van der Waals surface area contributed by atoms with Gasteiger partial charge < -0.3 is 14.7 Å². The molecule has 0 amide bonds. The molecule has 1 fully saturated rings. The van der Waals surface area contributed by atoms with Gasteiger partial charge in [-0.1, -0.05) is 5.16 Å². The molecule has 1 aliphatic heterocycles. The van der Waals surface area contributed by atoms with E-state index in [1.54, 1.807) is 6.92 Å². The SMILES string of the molecule is Cc1oncc1-c1ncnc(N2CCNCC2)c1F. The first-order valence-electron chi connectivity index (χ1n) is 6.15. The van der Waals surface area contributed by atoms with Crippen LogP contribution in [0.4, 0.5) is 10.2 Å². The van der Waals surface area contributed by atoms with Crippen LogP contribution in [0.5, 0.6) is 0 Å². The lowest BCUT2D eigenvalue weighted by atomic mass is 10.2. The van der Waals surface area contributed by atoms with Gasteiger partial charge in [0.15, 0.2) is 11.6 Å². The lowest BCUT2D eigenvalue weighted by Gasteiger charge is -2.28. The summed E-state index contributed by atoms with van der Waals surface area (Å²) < 4.78 is 19.5. The van der Waals surface area contributed by atoms with E-state index in [0.29, 0.717) is 17.1 Å². The molecule has 1 N–H and O–H groups in total. The molecule has 0 spiro atoms. The van der Waals surface area contributed by atoms with Crippen molar-refractivity contribution in [2.45, 2.75) is 6.92 Å². The lowest BCUT2D eigenvalue weighted by Crippen LogP contribution is -2.44. The number of nitrogens with zero attached hydrogens (tertiary/aromatic N) is 4. The molecule has 100 valence electrons. The van der Waals surface area contributed by atoms with Gasteiger partial charge in [0.25, 0.3) is 0 Å². The van der Waals surface area contributed by atoms with E-state index >= 15 is 0 Å². The summed E-state index contributed by atoms with van der Waals surface area (Å²) in [6.07, 6.45) is 2.85. The quantitative estimate of drug-likeness (QED) is 0.871. The topological polar surface area (TPSA) is 67.1 Å². The van der Waals surface area contributed by atoms with Crippen molar-refractivity contribution in [2.24, 2.45) is 0 Å². The highest BCUT2D eigenvalue weighted by atomic mass is 19.1. The maximum Gasteiger partial charge on any atom is 0.192 e. The van der Waals surface area contributed by atoms with Gasteiger partial charge in [0.1, 0.15) is 17.8 Å². The van der Waals surface area contributed by atoms with E-state index in [0.717, 1.165) is 26.2 Å². The molecule has 6 nitrogen and oxygen atoms in total. The Balaban J connectivity index is 2.01. The van der Waals surface area contributed by atoms with Crippen molar-refractivity contribution in [3.63, 3.8) is 0 Å². The van der Waals surface area contributed by atoms with Crippen molar-refractivity contribution in [1.29, 1.82) is 0 Å². The normalized spacial score (nSPS) is 15.8. The van der Waals surface area contributed by atoms with Gasteiger partial charge in [-0.3, -0.25) is 0 Å². The molecule has 0 radical (unpaired) electrons. The first-order chi connectivity index (χ1) is 9.27. The first kappa shape index (κ1) is 12.0. The molecule has 19 heavy (non-hydrogen) atoms. The second kappa shape index (κ2) is 4.93. The third-order valence-electron chi connectivity index (χ3n) is 3.19. The first-order valence-corrected chi connectivity index (χ1v) is 6.15. The third-order valence-corrected chi connectivity index (χ3v) is 3.19. The highest BCUT2D eigenvalue weighted by molar-refractivity contribution is 5.64. The number of aromatic nitrogens is 3. The summed E-state index contributed by atoms with van der Waals surface area (Å²) in [4.78, 5) is 9.99. The number of nitrogens with one attached hydrogen (secondary N) is 1. The molecule has 2 aromatic rings. The smallest absolute Gasteiger partial charge is 0.192 e. The summed E-state index contributed by atoms with van der Waals surface area (Å²) in [6.45, 7) is 4.84. The van der Waals surface area contributed by atoms with Crippen LogP contribution in [-0.4, -0.2) is 41.3 Å². The molecule has 3 rings (SSSR count). The number of hydrogen-bond donors (Lipinski definition) is 1. The van der Waals surface area contributed by atoms with Crippen molar-refractivity contribution in [3.05, 3.63) is 24.1 Å². The van der Waals surface area contributed by atoms with Crippen LogP contribution in [0, 0.1) is 12.7 Å². The molecule has 0 unspecified atom stereocenters. The average molecular weight is 263 g/mol. The highest BCUT2D eigenvalue weighted by Gasteiger charge is 2.21. The molecule has 0 aliphatic carbocycles. The summed E-state index contributed by atoms with van der Waals surface area (Å²) in [5, 5.41) is 6.88. The fourth-order valence-electron chi connectivity index (χ4n) is 2.17. The predicted octanol–water partition coefficient (Wildman–Crippen LogP) is 0.989. The zero-order chi connectivity index (χ0) is 13.2. The minimum atomic E-state index is -0.421. The van der Waals surface area contributed by atoms with Crippen molar-refractivity contribution >= 4 is 5.82 Å². The van der Waals surface area contributed by atoms with Gasteiger partial charge in [-0.15, -0.1) is 0 Å². The Morgan fingerprint density at radius 1 is 1.32 bits per heavy atom. The van der Waals surface area contributed by atoms with E-state index in [4.69, 9.17) is 4.52 Å². The van der Waals surface area contributed by atoms with Gasteiger partial charge >= 0.3 is 0 Å². The number of rotatable bonds is 2. The molecule has 3 heterocycles. The molecule has 1 saturated heterocycles. The Morgan fingerprint density at radius 2 is 2.11 bits per heavy atom. The van der Waals surface area contributed by atoms with E-state index in [-0.39, 0.29) is 5.69 Å². The Hall–Kier alpha value is -2.02. The maximum atomic E-state index is 14.5. The van der Waals surface area contributed by atoms with Crippen molar-refractivity contribution in [2.75, 3.05) is 31.1 Å². The van der Waals surface area contributed by atoms with Crippen LogP contribution in [0.1, 0.15) is 5.76 Å². The van der Waals surface area contributed by atoms with Crippen molar-refractivity contribution in [3.8, 4) is 11.3 Å². The van der Waals surface area contributed by atoms with Crippen LogP contribution in [0.15, 0.2) is 17.0 Å². The number of hydrogen-bond acceptors (Lipinski definition) is 6. The third kappa shape index (κ3) is 2.17. The molecular formula is C12H14FN5O. The lowest BCUT2D eigenvalue weighted by molar-refractivity contribution is 0.398. The Bertz CT molecular complexity index is 579. The summed E-state index contributed by atoms with van der Waals surface area (Å²) in [7, 11) is 0. The molecule has 0 atom stereocenters. The minimum absolute atomic E-state index is 0.238. The Labute approximate surface area is 109 Å². The molecule has 1 aliphatic rings. The number of anilines is 1. The van der Waals surface area contributed by atoms with Crippen LogP contribution in [0.2, 0.25) is 0 Å². The number of piperazine rings is 1. The van der Waals surface area contributed by atoms with Crippen molar-refractivity contribution in [1.82, 2.24) is 20.4 Å². The van der Waals surface area contributed by atoms with E-state index in [2.05, 4.69) is 20.4 Å². The molecule has 7 heteroatoms. The highest BCUT2D eigenvalue weighted by Crippen LogP contribution is 2.28. The standard InChI is InChI=1S/C12H14FN5O/c1-8-9(6-17-19-8)11-10(13)12(16-7-15-11)18-4-2-14-3-5-18/h6-7,14H,2-5H2,1H3. The second-order valence-corrected chi connectivity index (χ2v) is 4.39. The van der Waals surface area contributed by atoms with Gasteiger partial charge in [0, 0.05) is 26.2 Å². The minimum Gasteiger partial charge on any atom is -0.361 e. The molecule has 2 aromatic heterocycles. The number of aryl methyl sites for hydroxylation is 1. The van der Waals surface area contributed by atoms with E-state index in [9.17, 15) is 4.39 Å². The molecule has 0 saturated carbocycles. The predicted molar refractivity (Wildman–Crippen MR) is 67.3 cm³/mol. The van der Waals surface area contributed by atoms with Gasteiger partial charge in [0.2, 0.25) is 0 Å². The molecule has 0 aromatic carbocycles. The van der Waals surface area contributed by atoms with Crippen LogP contribution < -0.4 is 10.2 Å². The summed E-state index contributed by atoms with van der Waals surface area (Å²) in [5.41, 5.74) is 0.804. The Morgan fingerprint density at radius 3 is 2.79 bits per heavy atom. The van der Waals surface area contributed by atoms with Crippen LogP contribution in [-0.2, 0) is 0 Å². The fourth-order valence-corrected chi connectivity index (χ4v) is 2.17. The van der Waals surface area contributed by atoms with E-state index < -0.39 is 5.82 Å². The maximum absolute atomic E-state index is 14.5. The largest absolute Gasteiger partial charge is 0.361 e. The van der Waals surface area contributed by atoms with Crippen LogP contribution in [0.25, 0.3) is 11.3 Å². The Kier molecular flexibility index (Phi) is 3.12. The zero-order valence-corrected chi connectivity index (χ0v) is 10.6. The van der Waals surface area contributed by atoms with E-state index in [1.807, 2.05) is 4.90 Å². The molecular weight excluding hydrogens is 249 g/mol. The van der Waals surface area contributed by atoms with Crippen LogP contribution >= 0.6 is 0 Å². The monoisotopic (exact) mass is 263 g/mol. The van der Waals surface area contributed by atoms with Crippen molar-refractivity contribution < 1.29 is 8.91 Å². The summed E-state index contributed by atoms with van der Waals surface area (Å²) in [5.74, 6) is 0.465. The van der Waals surface area contributed by atoms with Gasteiger partial charge in [-0.25, -0.2) is 14.4 Å². The van der Waals surface area contributed by atoms with E-state index in [1.165, 1.54) is 12.5 Å². The fraction of sp³-hybridized carbons (Fsp3) is 0.417.